The zero-order valence-electron chi connectivity index (χ0n) is 20.0. The van der Waals surface area contributed by atoms with Crippen LogP contribution in [0, 0.1) is 5.82 Å². The fraction of sp³-hybridized carbons (Fsp3) is 0.320. The van der Waals surface area contributed by atoms with E-state index in [0.29, 0.717) is 35.5 Å². The van der Waals surface area contributed by atoms with Crippen molar-refractivity contribution in [1.82, 2.24) is 14.9 Å². The molecule has 2 heterocycles. The highest BCUT2D eigenvalue weighted by Gasteiger charge is 2.23. The number of nitrogens with zero attached hydrogens (tertiary/aromatic N) is 3. The number of aliphatic hydroxyl groups excluding tert-OH is 1. The Hall–Kier alpha value is -3.38. The Balaban J connectivity index is 1.50. The van der Waals surface area contributed by atoms with Crippen LogP contribution in [0.1, 0.15) is 6.42 Å². The van der Waals surface area contributed by atoms with Gasteiger partial charge in [-0.2, -0.15) is 0 Å². The van der Waals surface area contributed by atoms with Crippen molar-refractivity contribution in [3.8, 4) is 5.75 Å². The van der Waals surface area contributed by atoms with Crippen LogP contribution in [0.3, 0.4) is 0 Å². The molecule has 0 unspecified atom stereocenters. The van der Waals surface area contributed by atoms with Crippen LogP contribution < -0.4 is 15.4 Å². The number of benzene rings is 2. The maximum Gasteiger partial charge on any atom is 0.284 e. The zero-order chi connectivity index (χ0) is 26.4. The Morgan fingerprint density at radius 2 is 2.16 bits per heavy atom. The van der Waals surface area contributed by atoms with Crippen LogP contribution in [-0.4, -0.2) is 71.9 Å². The third kappa shape index (κ3) is 6.69. The van der Waals surface area contributed by atoms with E-state index in [4.69, 9.17) is 26.2 Å². The summed E-state index contributed by atoms with van der Waals surface area (Å²) in [6, 6.07) is 7.30. The van der Waals surface area contributed by atoms with Crippen molar-refractivity contribution in [3.63, 3.8) is 0 Å². The lowest BCUT2D eigenvalue weighted by Gasteiger charge is -2.15. The molecule has 0 saturated carbocycles. The van der Waals surface area contributed by atoms with Gasteiger partial charge in [-0.1, -0.05) is 11.6 Å². The minimum atomic E-state index is -0.939. The number of carbonyl (C=O) groups is 1. The molecule has 0 aliphatic carbocycles. The topological polar surface area (TPSA) is 109 Å². The van der Waals surface area contributed by atoms with Crippen LogP contribution in [-0.2, 0) is 9.53 Å². The second-order valence-corrected chi connectivity index (χ2v) is 8.72. The maximum atomic E-state index is 14.7. The van der Waals surface area contributed by atoms with Gasteiger partial charge in [-0.05, 0) is 36.8 Å². The molecule has 4 rings (SSSR count). The monoisotopic (exact) mass is 533 g/mol. The number of fused-ring (bicyclic) bond motifs is 1. The number of rotatable bonds is 10. The molecule has 12 heteroatoms. The van der Waals surface area contributed by atoms with Crippen LogP contribution >= 0.6 is 11.6 Å². The molecule has 1 aliphatic rings. The molecule has 196 valence electrons. The summed E-state index contributed by atoms with van der Waals surface area (Å²) < 4.78 is 39.1. The number of ether oxygens (including phenoxy) is 2. The highest BCUT2D eigenvalue weighted by molar-refractivity contribution is 6.31. The molecule has 0 spiro atoms. The fourth-order valence-corrected chi connectivity index (χ4v) is 4.14. The smallest absolute Gasteiger partial charge is 0.284 e. The van der Waals surface area contributed by atoms with Gasteiger partial charge in [0.15, 0.2) is 5.83 Å². The van der Waals surface area contributed by atoms with Crippen molar-refractivity contribution < 1.29 is 28.2 Å². The quantitative estimate of drug-likeness (QED) is 0.335. The summed E-state index contributed by atoms with van der Waals surface area (Å²) in [4.78, 5) is 23.0. The number of aliphatic hydroxyl groups is 1. The number of hydrogen-bond donors (Lipinski definition) is 3. The maximum absolute atomic E-state index is 14.7. The lowest BCUT2D eigenvalue weighted by molar-refractivity contribution is -0.114. The average Bonchev–Trinajstić information content (AvgIpc) is 3.35. The molecule has 2 aromatic carbocycles. The predicted octanol–water partition coefficient (Wildman–Crippen LogP) is 4.05. The summed E-state index contributed by atoms with van der Waals surface area (Å²) in [6.45, 7) is 1.76. The molecule has 0 radical (unpaired) electrons. The van der Waals surface area contributed by atoms with Gasteiger partial charge in [0.2, 0.25) is 0 Å². The van der Waals surface area contributed by atoms with E-state index in [1.54, 1.807) is 12.1 Å². The van der Waals surface area contributed by atoms with Gasteiger partial charge in [-0.25, -0.2) is 18.7 Å². The van der Waals surface area contributed by atoms with E-state index < -0.39 is 17.6 Å². The summed E-state index contributed by atoms with van der Waals surface area (Å²) in [5.41, 5.74) is 1.22. The van der Waals surface area contributed by atoms with Crippen LogP contribution in [0.4, 0.5) is 26.0 Å². The molecular formula is C25H26ClF2N5O4. The zero-order valence-corrected chi connectivity index (χ0v) is 20.8. The van der Waals surface area contributed by atoms with E-state index in [2.05, 4.69) is 20.6 Å². The fourth-order valence-electron chi connectivity index (χ4n) is 3.96. The highest BCUT2D eigenvalue weighted by Crippen LogP contribution is 2.34. The van der Waals surface area contributed by atoms with Crippen molar-refractivity contribution >= 4 is 45.6 Å². The number of nitrogens with one attached hydrogen (secondary N) is 2. The first-order chi connectivity index (χ1) is 17.9. The molecule has 1 fully saturated rings. The normalized spacial score (nSPS) is 16.2. The second-order valence-electron chi connectivity index (χ2n) is 8.32. The number of hydrogen-bond acceptors (Lipinski definition) is 8. The Kier molecular flexibility index (Phi) is 8.82. The highest BCUT2D eigenvalue weighted by atomic mass is 35.5. The van der Waals surface area contributed by atoms with E-state index in [1.165, 1.54) is 37.7 Å². The van der Waals surface area contributed by atoms with Crippen LogP contribution in [0.5, 0.6) is 5.75 Å². The van der Waals surface area contributed by atoms with Crippen molar-refractivity contribution in [3.05, 3.63) is 59.4 Å². The summed E-state index contributed by atoms with van der Waals surface area (Å²) >= 11 is 5.87. The summed E-state index contributed by atoms with van der Waals surface area (Å²) in [5, 5.41) is 14.9. The largest absolute Gasteiger partial charge is 0.494 e. The summed E-state index contributed by atoms with van der Waals surface area (Å²) in [6.07, 6.45) is 3.31. The molecule has 3 aromatic rings. The molecule has 3 N–H and O–H groups in total. The van der Waals surface area contributed by atoms with Gasteiger partial charge < -0.3 is 25.2 Å². The van der Waals surface area contributed by atoms with E-state index in [-0.39, 0.29) is 42.3 Å². The first kappa shape index (κ1) is 26.7. The van der Waals surface area contributed by atoms with Crippen LogP contribution in [0.2, 0.25) is 5.02 Å². The number of methoxy groups -OCH3 is 1. The second kappa shape index (κ2) is 12.2. The van der Waals surface area contributed by atoms with Crippen molar-refractivity contribution in [2.24, 2.45) is 0 Å². The van der Waals surface area contributed by atoms with Gasteiger partial charge in [0, 0.05) is 36.8 Å². The Bertz CT molecular complexity index is 1310. The minimum absolute atomic E-state index is 0.0183. The van der Waals surface area contributed by atoms with Crippen LogP contribution in [0.15, 0.2) is 48.6 Å². The van der Waals surface area contributed by atoms with Gasteiger partial charge >= 0.3 is 0 Å². The predicted molar refractivity (Wildman–Crippen MR) is 136 cm³/mol. The van der Waals surface area contributed by atoms with Gasteiger partial charge in [0.05, 0.1) is 42.7 Å². The van der Waals surface area contributed by atoms with Gasteiger partial charge in [-0.15, -0.1) is 0 Å². The van der Waals surface area contributed by atoms with E-state index >= 15 is 0 Å². The van der Waals surface area contributed by atoms with Gasteiger partial charge in [0.25, 0.3) is 5.91 Å². The summed E-state index contributed by atoms with van der Waals surface area (Å²) in [5.74, 6) is -1.77. The molecule has 37 heavy (non-hydrogen) atoms. The molecule has 1 aliphatic heterocycles. The van der Waals surface area contributed by atoms with Crippen LogP contribution in [0.25, 0.3) is 10.9 Å². The lowest BCUT2D eigenvalue weighted by atomic mass is 10.1. The minimum Gasteiger partial charge on any atom is -0.494 e. The van der Waals surface area contributed by atoms with Crippen molar-refractivity contribution in [2.45, 2.75) is 12.5 Å². The summed E-state index contributed by atoms with van der Waals surface area (Å²) in [7, 11) is 1.42. The van der Waals surface area contributed by atoms with E-state index in [9.17, 15) is 13.6 Å². The molecule has 1 amide bonds. The Labute approximate surface area is 217 Å². The molecule has 1 aromatic heterocycles. The van der Waals surface area contributed by atoms with Crippen molar-refractivity contribution in [2.75, 3.05) is 50.6 Å². The number of likely N-dealkylation sites (tertiary alicyclic amines) is 1. The standard InChI is InChI=1S/C25H26ClF2N5O4/c1-36-23-12-21-17(24(30-14-29-21)31-15-2-3-19(27)18(26)10-15)11-22(23)32-25(35)20(28)5-7-33-6-4-16(13-33)37-9-8-34/h2-3,5,10-12,14,16,34H,4,6-9,13H2,1H3,(H,32,35)(H,29,30,31)/b20-5-/t16-/m1/s1. The molecule has 1 atom stereocenters. The Morgan fingerprint density at radius 1 is 1.32 bits per heavy atom. The number of amides is 1. The molecule has 0 bridgehead atoms. The Morgan fingerprint density at radius 3 is 2.92 bits per heavy atom. The number of halogens is 3. The van der Waals surface area contributed by atoms with E-state index in [0.717, 1.165) is 6.42 Å². The average molecular weight is 534 g/mol. The number of carbonyl (C=O) groups excluding carboxylic acids is 1. The lowest BCUT2D eigenvalue weighted by Crippen LogP contribution is -2.25. The molecular weight excluding hydrogens is 508 g/mol. The first-order valence-corrected chi connectivity index (χ1v) is 11.9. The van der Waals surface area contributed by atoms with Gasteiger partial charge in [-0.3, -0.25) is 9.69 Å². The molecule has 9 nitrogen and oxygen atoms in total. The number of anilines is 3. The van der Waals surface area contributed by atoms with Crippen molar-refractivity contribution in [1.29, 1.82) is 0 Å². The van der Waals surface area contributed by atoms with E-state index in [1.807, 2.05) is 4.90 Å². The number of aromatic nitrogens is 2. The third-order valence-electron chi connectivity index (χ3n) is 5.81. The SMILES string of the molecule is COc1cc2ncnc(Nc3ccc(F)c(Cl)c3)c2cc1NC(=O)/C(F)=C/CN1CC[C@@H](OCCO)C1. The van der Waals surface area contributed by atoms with Gasteiger partial charge in [0.1, 0.15) is 23.7 Å². The third-order valence-corrected chi connectivity index (χ3v) is 6.10. The first-order valence-electron chi connectivity index (χ1n) is 11.5. The molecule has 1 saturated heterocycles.